The number of amides is 1. The molecule has 0 spiro atoms. The van der Waals surface area contributed by atoms with Gasteiger partial charge in [-0.05, 0) is 6.08 Å². The maximum absolute atomic E-state index is 11.2. The second-order valence-corrected chi connectivity index (χ2v) is 3.34. The van der Waals surface area contributed by atoms with Gasteiger partial charge in [-0.3, -0.25) is 9.69 Å². The number of carbonyl (C=O) groups is 1. The highest BCUT2D eigenvalue weighted by atomic mass is 16.5. The number of aliphatic hydroxyl groups is 1. The molecule has 0 bridgehead atoms. The van der Waals surface area contributed by atoms with Gasteiger partial charge >= 0.3 is 0 Å². The van der Waals surface area contributed by atoms with Gasteiger partial charge in [-0.1, -0.05) is 0 Å². The summed E-state index contributed by atoms with van der Waals surface area (Å²) >= 11 is 0. The van der Waals surface area contributed by atoms with E-state index in [2.05, 4.69) is 0 Å². The zero-order valence-electron chi connectivity index (χ0n) is 7.97. The molecule has 5 heteroatoms. The topological polar surface area (TPSA) is 59.0 Å². The van der Waals surface area contributed by atoms with Gasteiger partial charge in [0.05, 0.1) is 19.6 Å². The Balaban J connectivity index is 2.09. The molecule has 1 amide bonds. The van der Waals surface area contributed by atoms with Crippen LogP contribution in [0.25, 0.3) is 0 Å². The van der Waals surface area contributed by atoms with E-state index in [-0.39, 0.29) is 24.8 Å². The molecule has 0 aromatic rings. The van der Waals surface area contributed by atoms with Crippen molar-refractivity contribution in [2.24, 2.45) is 0 Å². The standard InChI is InChI=1S/C9H13NO4/c1-13-3-2-7-6(5-11)10-8(12)4-9(10)14-7/h2,6,9,11H,3-5H2,1H3/b7-2+. The predicted molar refractivity (Wildman–Crippen MR) is 47.2 cm³/mol. The number of β-lactam (4-membered cyclic amide) rings is 1. The summed E-state index contributed by atoms with van der Waals surface area (Å²) < 4.78 is 10.3. The Kier molecular flexibility index (Phi) is 2.43. The molecule has 2 unspecified atom stereocenters. The van der Waals surface area contributed by atoms with E-state index < -0.39 is 0 Å². The molecule has 0 radical (unpaired) electrons. The third kappa shape index (κ3) is 1.29. The predicted octanol–water partition coefficient (Wildman–Crippen LogP) is -0.534. The monoisotopic (exact) mass is 199 g/mol. The summed E-state index contributed by atoms with van der Waals surface area (Å²) in [7, 11) is 1.58. The first kappa shape index (κ1) is 9.48. The molecule has 2 rings (SSSR count). The second-order valence-electron chi connectivity index (χ2n) is 3.34. The highest BCUT2D eigenvalue weighted by molar-refractivity contribution is 5.84. The van der Waals surface area contributed by atoms with Crippen molar-refractivity contribution in [3.63, 3.8) is 0 Å². The van der Waals surface area contributed by atoms with E-state index >= 15 is 0 Å². The van der Waals surface area contributed by atoms with E-state index in [9.17, 15) is 4.79 Å². The number of aliphatic hydroxyl groups excluding tert-OH is 1. The average Bonchev–Trinajstić information content (AvgIpc) is 2.46. The molecule has 14 heavy (non-hydrogen) atoms. The third-order valence-electron chi connectivity index (χ3n) is 2.51. The first-order valence-electron chi connectivity index (χ1n) is 4.55. The molecule has 2 atom stereocenters. The highest BCUT2D eigenvalue weighted by Gasteiger charge is 2.50. The van der Waals surface area contributed by atoms with Crippen LogP contribution in [0.5, 0.6) is 0 Å². The second kappa shape index (κ2) is 3.59. The Morgan fingerprint density at radius 3 is 3.14 bits per heavy atom. The third-order valence-corrected chi connectivity index (χ3v) is 2.51. The minimum absolute atomic E-state index is 0.0369. The Labute approximate surface area is 81.9 Å². The molecule has 0 aliphatic carbocycles. The maximum atomic E-state index is 11.2. The lowest BCUT2D eigenvalue weighted by molar-refractivity contribution is -0.157. The Morgan fingerprint density at radius 2 is 2.57 bits per heavy atom. The summed E-state index contributed by atoms with van der Waals surface area (Å²) in [4.78, 5) is 12.7. The van der Waals surface area contributed by atoms with Gasteiger partial charge in [-0.25, -0.2) is 0 Å². The van der Waals surface area contributed by atoms with E-state index in [0.29, 0.717) is 18.8 Å². The zero-order valence-corrected chi connectivity index (χ0v) is 7.97. The Bertz CT molecular complexity index is 276. The van der Waals surface area contributed by atoms with Crippen molar-refractivity contribution in [1.82, 2.24) is 4.90 Å². The van der Waals surface area contributed by atoms with Crippen molar-refractivity contribution < 1.29 is 19.4 Å². The van der Waals surface area contributed by atoms with Gasteiger partial charge < -0.3 is 14.6 Å². The van der Waals surface area contributed by atoms with Gasteiger partial charge in [0, 0.05) is 7.11 Å². The van der Waals surface area contributed by atoms with Crippen LogP contribution in [0.3, 0.4) is 0 Å². The molecule has 0 aromatic heterocycles. The van der Waals surface area contributed by atoms with Crippen LogP contribution in [0.4, 0.5) is 0 Å². The fourth-order valence-electron chi connectivity index (χ4n) is 1.77. The number of carbonyl (C=O) groups excluding carboxylic acids is 1. The van der Waals surface area contributed by atoms with Crippen LogP contribution in [-0.4, -0.2) is 48.5 Å². The summed E-state index contributed by atoms with van der Waals surface area (Å²) in [5, 5.41) is 9.12. The van der Waals surface area contributed by atoms with Crippen molar-refractivity contribution in [1.29, 1.82) is 0 Å². The minimum Gasteiger partial charge on any atom is -0.472 e. The highest BCUT2D eigenvalue weighted by Crippen LogP contribution is 2.35. The lowest BCUT2D eigenvalue weighted by Crippen LogP contribution is -2.53. The summed E-state index contributed by atoms with van der Waals surface area (Å²) in [6.07, 6.45) is 2.01. The fraction of sp³-hybridized carbons (Fsp3) is 0.667. The van der Waals surface area contributed by atoms with Crippen molar-refractivity contribution in [3.05, 3.63) is 11.8 Å². The van der Waals surface area contributed by atoms with Crippen molar-refractivity contribution in [3.8, 4) is 0 Å². The van der Waals surface area contributed by atoms with E-state index in [0.717, 1.165) is 0 Å². The SMILES string of the molecule is COC/C=C1/OC2CC(=O)N2C1CO. The minimum atomic E-state index is -0.309. The van der Waals surface area contributed by atoms with Gasteiger partial charge in [0.2, 0.25) is 5.91 Å². The smallest absolute Gasteiger partial charge is 0.231 e. The summed E-state index contributed by atoms with van der Waals surface area (Å²) in [6, 6.07) is -0.309. The molecule has 1 N–H and O–H groups in total. The van der Waals surface area contributed by atoms with Crippen LogP contribution in [-0.2, 0) is 14.3 Å². The molecule has 78 valence electrons. The van der Waals surface area contributed by atoms with Crippen LogP contribution in [0, 0.1) is 0 Å². The molecule has 2 fully saturated rings. The molecule has 2 saturated heterocycles. The maximum Gasteiger partial charge on any atom is 0.231 e. The molecule has 2 heterocycles. The lowest BCUT2D eigenvalue weighted by Gasteiger charge is -2.34. The van der Waals surface area contributed by atoms with Crippen LogP contribution in [0.1, 0.15) is 6.42 Å². The summed E-state index contributed by atoms with van der Waals surface area (Å²) in [6.45, 7) is 0.332. The van der Waals surface area contributed by atoms with Gasteiger partial charge in [0.1, 0.15) is 11.8 Å². The number of nitrogens with zero attached hydrogens (tertiary/aromatic N) is 1. The molecule has 0 aromatic carbocycles. The van der Waals surface area contributed by atoms with Gasteiger partial charge in [-0.2, -0.15) is 0 Å². The molecule has 0 saturated carbocycles. The van der Waals surface area contributed by atoms with Crippen molar-refractivity contribution >= 4 is 5.91 Å². The first-order chi connectivity index (χ1) is 6.77. The molecule has 2 aliphatic heterocycles. The van der Waals surface area contributed by atoms with Crippen LogP contribution in [0.2, 0.25) is 0 Å². The number of ether oxygens (including phenoxy) is 2. The van der Waals surface area contributed by atoms with E-state index in [1.807, 2.05) is 0 Å². The normalized spacial score (nSPS) is 32.9. The number of hydrogen-bond acceptors (Lipinski definition) is 4. The number of fused-ring (bicyclic) bond motifs is 1. The van der Waals surface area contributed by atoms with E-state index in [1.54, 1.807) is 18.1 Å². The Hall–Kier alpha value is -1.07. The number of hydrogen-bond donors (Lipinski definition) is 1. The van der Waals surface area contributed by atoms with Crippen LogP contribution in [0.15, 0.2) is 11.8 Å². The zero-order chi connectivity index (χ0) is 10.1. The molecule has 5 nitrogen and oxygen atoms in total. The first-order valence-corrected chi connectivity index (χ1v) is 4.55. The molecule has 2 aliphatic rings. The largest absolute Gasteiger partial charge is 0.472 e. The fourth-order valence-corrected chi connectivity index (χ4v) is 1.77. The van der Waals surface area contributed by atoms with E-state index in [4.69, 9.17) is 14.6 Å². The number of methoxy groups -OCH3 is 1. The van der Waals surface area contributed by atoms with Gasteiger partial charge in [0.25, 0.3) is 0 Å². The quantitative estimate of drug-likeness (QED) is 0.620. The van der Waals surface area contributed by atoms with E-state index in [1.165, 1.54) is 0 Å². The van der Waals surface area contributed by atoms with Crippen LogP contribution >= 0.6 is 0 Å². The summed E-state index contributed by atoms with van der Waals surface area (Å²) in [5.74, 6) is 0.681. The van der Waals surface area contributed by atoms with Gasteiger partial charge in [-0.15, -0.1) is 0 Å². The average molecular weight is 199 g/mol. The molecular weight excluding hydrogens is 186 g/mol. The number of rotatable bonds is 3. The summed E-state index contributed by atoms with van der Waals surface area (Å²) in [5.41, 5.74) is 0. The van der Waals surface area contributed by atoms with Crippen molar-refractivity contribution in [2.75, 3.05) is 20.3 Å². The molecular formula is C9H13NO4. The Morgan fingerprint density at radius 1 is 1.79 bits per heavy atom. The lowest BCUT2D eigenvalue weighted by atomic mass is 10.1. The van der Waals surface area contributed by atoms with Crippen LogP contribution < -0.4 is 0 Å². The van der Waals surface area contributed by atoms with Gasteiger partial charge in [0.15, 0.2) is 6.23 Å². The van der Waals surface area contributed by atoms with Crippen molar-refractivity contribution in [2.45, 2.75) is 18.7 Å².